The Kier molecular flexibility index (Phi) is 8.05. The largest absolute Gasteiger partial charge is 0.482 e. The molecule has 22 heavy (non-hydrogen) atoms. The molecule has 0 heterocycles. The highest BCUT2D eigenvalue weighted by Crippen LogP contribution is 2.24. The van der Waals surface area contributed by atoms with Crippen molar-refractivity contribution in [3.63, 3.8) is 0 Å². The number of carbonyl (C=O) groups is 2. The molecule has 0 aromatic heterocycles. The molecule has 122 valence electrons. The Labute approximate surface area is 137 Å². The van der Waals surface area contributed by atoms with Gasteiger partial charge >= 0.3 is 5.97 Å². The zero-order valence-electron chi connectivity index (χ0n) is 12.2. The van der Waals surface area contributed by atoms with Gasteiger partial charge in [0, 0.05) is 0 Å². The minimum absolute atomic E-state index is 0.0692. The van der Waals surface area contributed by atoms with Gasteiger partial charge in [-0.1, -0.05) is 11.6 Å². The summed E-state index contributed by atoms with van der Waals surface area (Å²) in [6.45, 7) is -0.335. The maximum absolute atomic E-state index is 12.9. The van der Waals surface area contributed by atoms with Gasteiger partial charge in [-0.2, -0.15) is 11.8 Å². The molecule has 0 aliphatic rings. The first kappa shape index (κ1) is 18.6. The zero-order chi connectivity index (χ0) is 16.5. The molecular weight excluding hydrogens is 333 g/mol. The van der Waals surface area contributed by atoms with Crippen LogP contribution in [0.25, 0.3) is 0 Å². The number of ether oxygens (including phenoxy) is 2. The summed E-state index contributed by atoms with van der Waals surface area (Å²) in [6.07, 6.45) is 2.35. The van der Waals surface area contributed by atoms with Crippen LogP contribution in [-0.4, -0.2) is 43.6 Å². The summed E-state index contributed by atoms with van der Waals surface area (Å²) in [5.41, 5.74) is 0. The number of amides is 1. The second-order valence-corrected chi connectivity index (χ2v) is 5.68. The standard InChI is InChI=1S/C14H17ClFNO4S/c1-20-14(19)11(5-6-22-2)17-13(18)8-21-12-4-3-9(16)7-10(12)15/h3-4,7,11H,5-6,8H2,1-2H3,(H,17,18)/t11-/m0/s1. The number of rotatable bonds is 8. The van der Waals surface area contributed by atoms with Crippen molar-refractivity contribution < 1.29 is 23.5 Å². The van der Waals surface area contributed by atoms with Crippen LogP contribution in [0.15, 0.2) is 18.2 Å². The van der Waals surface area contributed by atoms with Crippen LogP contribution in [-0.2, 0) is 14.3 Å². The van der Waals surface area contributed by atoms with Crippen molar-refractivity contribution in [2.45, 2.75) is 12.5 Å². The molecule has 0 fully saturated rings. The lowest BCUT2D eigenvalue weighted by atomic mass is 10.2. The van der Waals surface area contributed by atoms with Crippen LogP contribution in [0.3, 0.4) is 0 Å². The van der Waals surface area contributed by atoms with Gasteiger partial charge in [0.2, 0.25) is 0 Å². The van der Waals surface area contributed by atoms with E-state index in [1.54, 1.807) is 11.8 Å². The molecule has 1 N–H and O–H groups in total. The third-order valence-electron chi connectivity index (χ3n) is 2.68. The Hall–Kier alpha value is -1.47. The summed E-state index contributed by atoms with van der Waals surface area (Å²) in [5, 5.41) is 2.60. The molecule has 1 aromatic rings. The minimum Gasteiger partial charge on any atom is -0.482 e. The number of thioether (sulfide) groups is 1. The quantitative estimate of drug-likeness (QED) is 0.729. The molecule has 0 saturated heterocycles. The van der Waals surface area contributed by atoms with Crippen LogP contribution in [0.4, 0.5) is 4.39 Å². The lowest BCUT2D eigenvalue weighted by Crippen LogP contribution is -2.43. The van der Waals surface area contributed by atoms with Crippen LogP contribution < -0.4 is 10.1 Å². The van der Waals surface area contributed by atoms with E-state index < -0.39 is 23.7 Å². The average Bonchev–Trinajstić information content (AvgIpc) is 2.49. The second-order valence-electron chi connectivity index (χ2n) is 4.29. The van der Waals surface area contributed by atoms with Crippen molar-refractivity contribution in [1.29, 1.82) is 0 Å². The SMILES string of the molecule is COC(=O)[C@H](CCSC)NC(=O)COc1ccc(F)cc1Cl. The summed E-state index contributed by atoms with van der Waals surface area (Å²) < 4.78 is 22.7. The highest BCUT2D eigenvalue weighted by atomic mass is 35.5. The fourth-order valence-electron chi connectivity index (χ4n) is 1.60. The van der Waals surface area contributed by atoms with E-state index in [1.165, 1.54) is 19.2 Å². The van der Waals surface area contributed by atoms with Crippen molar-refractivity contribution in [2.75, 3.05) is 25.7 Å². The van der Waals surface area contributed by atoms with Gasteiger partial charge in [-0.15, -0.1) is 0 Å². The van der Waals surface area contributed by atoms with E-state index in [2.05, 4.69) is 10.1 Å². The van der Waals surface area contributed by atoms with Gasteiger partial charge in [0.15, 0.2) is 6.61 Å². The molecule has 1 rings (SSSR count). The van der Waals surface area contributed by atoms with Crippen molar-refractivity contribution >= 4 is 35.2 Å². The molecule has 0 bridgehead atoms. The summed E-state index contributed by atoms with van der Waals surface area (Å²) >= 11 is 7.34. The third kappa shape index (κ3) is 6.11. The van der Waals surface area contributed by atoms with Crippen LogP contribution in [0.1, 0.15) is 6.42 Å². The van der Waals surface area contributed by atoms with E-state index in [-0.39, 0.29) is 17.4 Å². The number of nitrogens with one attached hydrogen (secondary N) is 1. The Morgan fingerprint density at radius 2 is 2.18 bits per heavy atom. The predicted octanol–water partition coefficient (Wildman–Crippen LogP) is 2.27. The number of esters is 1. The van der Waals surface area contributed by atoms with Gasteiger partial charge in [-0.3, -0.25) is 4.79 Å². The van der Waals surface area contributed by atoms with E-state index in [0.717, 1.165) is 6.07 Å². The summed E-state index contributed by atoms with van der Waals surface area (Å²) in [6, 6.07) is 2.87. The van der Waals surface area contributed by atoms with Crippen LogP contribution >= 0.6 is 23.4 Å². The van der Waals surface area contributed by atoms with Gasteiger partial charge in [-0.25, -0.2) is 9.18 Å². The average molecular weight is 350 g/mol. The molecule has 5 nitrogen and oxygen atoms in total. The van der Waals surface area contributed by atoms with Crippen LogP contribution in [0, 0.1) is 5.82 Å². The maximum atomic E-state index is 12.9. The predicted molar refractivity (Wildman–Crippen MR) is 83.9 cm³/mol. The molecular formula is C14H17ClFNO4S. The molecule has 1 amide bonds. The normalized spacial score (nSPS) is 11.6. The lowest BCUT2D eigenvalue weighted by molar-refractivity contribution is -0.145. The lowest BCUT2D eigenvalue weighted by Gasteiger charge is -2.16. The summed E-state index contributed by atoms with van der Waals surface area (Å²) in [7, 11) is 1.26. The number of methoxy groups -OCH3 is 1. The van der Waals surface area contributed by atoms with Crippen molar-refractivity contribution in [3.05, 3.63) is 29.0 Å². The monoisotopic (exact) mass is 349 g/mol. The summed E-state index contributed by atoms with van der Waals surface area (Å²) in [4.78, 5) is 23.4. The maximum Gasteiger partial charge on any atom is 0.328 e. The smallest absolute Gasteiger partial charge is 0.328 e. The highest BCUT2D eigenvalue weighted by Gasteiger charge is 2.21. The minimum atomic E-state index is -0.725. The van der Waals surface area contributed by atoms with Gasteiger partial charge in [0.25, 0.3) is 5.91 Å². The molecule has 1 atom stereocenters. The van der Waals surface area contributed by atoms with Gasteiger partial charge in [0.1, 0.15) is 17.6 Å². The van der Waals surface area contributed by atoms with Crippen LogP contribution in [0.5, 0.6) is 5.75 Å². The Balaban J connectivity index is 2.54. The molecule has 0 aliphatic heterocycles. The Bertz CT molecular complexity index is 530. The van der Waals surface area contributed by atoms with Crippen molar-refractivity contribution in [3.8, 4) is 5.75 Å². The summed E-state index contributed by atoms with van der Waals surface area (Å²) in [5.74, 6) is -0.606. The topological polar surface area (TPSA) is 64.6 Å². The highest BCUT2D eigenvalue weighted by molar-refractivity contribution is 7.98. The van der Waals surface area contributed by atoms with E-state index in [1.807, 2.05) is 6.26 Å². The fourth-order valence-corrected chi connectivity index (χ4v) is 2.29. The molecule has 8 heteroatoms. The molecule has 0 unspecified atom stereocenters. The van der Waals surface area contributed by atoms with E-state index >= 15 is 0 Å². The fraction of sp³-hybridized carbons (Fsp3) is 0.429. The first-order valence-corrected chi connectivity index (χ1v) is 8.19. The molecule has 1 aromatic carbocycles. The van der Waals surface area contributed by atoms with Gasteiger partial charge in [0.05, 0.1) is 12.1 Å². The van der Waals surface area contributed by atoms with E-state index in [0.29, 0.717) is 12.2 Å². The molecule has 0 spiro atoms. The number of hydrogen-bond donors (Lipinski definition) is 1. The number of halogens is 2. The number of carbonyl (C=O) groups excluding carboxylic acids is 2. The molecule has 0 aliphatic carbocycles. The molecule has 0 radical (unpaired) electrons. The first-order valence-electron chi connectivity index (χ1n) is 6.42. The Morgan fingerprint density at radius 1 is 1.45 bits per heavy atom. The second kappa shape index (κ2) is 9.53. The number of hydrogen-bond acceptors (Lipinski definition) is 5. The zero-order valence-corrected chi connectivity index (χ0v) is 13.8. The molecule has 0 saturated carbocycles. The van der Waals surface area contributed by atoms with Crippen molar-refractivity contribution in [1.82, 2.24) is 5.32 Å². The van der Waals surface area contributed by atoms with Gasteiger partial charge < -0.3 is 14.8 Å². The van der Waals surface area contributed by atoms with E-state index in [4.69, 9.17) is 16.3 Å². The van der Waals surface area contributed by atoms with Crippen LogP contribution in [0.2, 0.25) is 5.02 Å². The van der Waals surface area contributed by atoms with Crippen molar-refractivity contribution in [2.24, 2.45) is 0 Å². The first-order chi connectivity index (χ1) is 10.5. The van der Waals surface area contributed by atoms with E-state index in [9.17, 15) is 14.0 Å². The third-order valence-corrected chi connectivity index (χ3v) is 3.62. The Morgan fingerprint density at radius 3 is 2.77 bits per heavy atom. The van der Waals surface area contributed by atoms with Gasteiger partial charge in [-0.05, 0) is 36.6 Å². The number of benzene rings is 1.